The van der Waals surface area contributed by atoms with E-state index in [1.807, 2.05) is 0 Å². The molecule has 1 heterocycles. The van der Waals surface area contributed by atoms with Crippen molar-refractivity contribution in [2.75, 3.05) is 5.32 Å². The summed E-state index contributed by atoms with van der Waals surface area (Å²) in [6, 6.07) is 16.6. The lowest BCUT2D eigenvalue weighted by atomic mass is 10.1. The Morgan fingerprint density at radius 1 is 0.972 bits per heavy atom. The lowest BCUT2D eigenvalue weighted by molar-refractivity contribution is -0.124. The number of alkyl carbamates (subject to hydrolysis) is 1. The predicted octanol–water partition coefficient (Wildman–Crippen LogP) is 4.39. The Kier molecular flexibility index (Phi) is 8.21. The normalized spacial score (nSPS) is 11.8. The number of primary amides is 1. The molecule has 0 unspecified atom stereocenters. The van der Waals surface area contributed by atoms with Gasteiger partial charge < -0.3 is 25.8 Å². The van der Waals surface area contributed by atoms with E-state index < -0.39 is 36.0 Å². The molecule has 1 atom stereocenters. The SMILES string of the molecule is CC(C)(C)OC(=O)N[C@@H](CC(=O)Nc1cccc(-c2ccc(Oc3ccc(F)cc3)cc2)n1)C(N)=O. The first kappa shape index (κ1) is 26.1. The summed E-state index contributed by atoms with van der Waals surface area (Å²) in [5.74, 6) is -0.472. The summed E-state index contributed by atoms with van der Waals surface area (Å²) in [5.41, 5.74) is 5.90. The first-order chi connectivity index (χ1) is 17.0. The fourth-order valence-electron chi connectivity index (χ4n) is 3.05. The molecule has 0 aliphatic heterocycles. The molecule has 10 heteroatoms. The highest BCUT2D eigenvalue weighted by Crippen LogP contribution is 2.26. The Balaban J connectivity index is 1.62. The molecule has 0 spiro atoms. The minimum Gasteiger partial charge on any atom is -0.457 e. The van der Waals surface area contributed by atoms with Crippen LogP contribution >= 0.6 is 0 Å². The number of hydrogen-bond donors (Lipinski definition) is 3. The van der Waals surface area contributed by atoms with Crippen LogP contribution in [0.3, 0.4) is 0 Å². The number of benzene rings is 2. The molecular formula is C26H27FN4O5. The molecule has 0 bridgehead atoms. The standard InChI is InChI=1S/C26H27FN4O5/c1-26(2,3)36-25(34)30-21(24(28)33)15-23(32)31-22-6-4-5-20(29-22)16-7-11-18(12-8-16)35-19-13-9-17(27)10-14-19/h4-14,21H,15H2,1-3H3,(H2,28,33)(H,30,34)(H,29,31,32)/t21-/m0/s1. The summed E-state index contributed by atoms with van der Waals surface area (Å²) >= 11 is 0. The zero-order chi connectivity index (χ0) is 26.3. The Morgan fingerprint density at radius 2 is 1.58 bits per heavy atom. The number of anilines is 1. The van der Waals surface area contributed by atoms with Crippen LogP contribution in [0.25, 0.3) is 11.3 Å². The van der Waals surface area contributed by atoms with Crippen LogP contribution in [0.1, 0.15) is 27.2 Å². The van der Waals surface area contributed by atoms with Crippen molar-refractivity contribution >= 4 is 23.7 Å². The van der Waals surface area contributed by atoms with Crippen LogP contribution in [-0.4, -0.2) is 34.5 Å². The molecule has 3 rings (SSSR count). The second kappa shape index (κ2) is 11.3. The maximum Gasteiger partial charge on any atom is 0.408 e. The molecule has 188 valence electrons. The third-order valence-electron chi connectivity index (χ3n) is 4.64. The van der Waals surface area contributed by atoms with Gasteiger partial charge in [0.15, 0.2) is 0 Å². The van der Waals surface area contributed by atoms with Gasteiger partial charge in [-0.1, -0.05) is 6.07 Å². The quantitative estimate of drug-likeness (QED) is 0.426. The molecule has 9 nitrogen and oxygen atoms in total. The van der Waals surface area contributed by atoms with Gasteiger partial charge in [-0.15, -0.1) is 0 Å². The number of hydrogen-bond acceptors (Lipinski definition) is 6. The summed E-state index contributed by atoms with van der Waals surface area (Å²) in [6.45, 7) is 5.01. The van der Waals surface area contributed by atoms with Crippen LogP contribution in [0.15, 0.2) is 66.7 Å². The number of amides is 3. The number of rotatable bonds is 8. The van der Waals surface area contributed by atoms with E-state index >= 15 is 0 Å². The number of nitrogens with one attached hydrogen (secondary N) is 2. The molecule has 2 aromatic carbocycles. The highest BCUT2D eigenvalue weighted by atomic mass is 19.1. The van der Waals surface area contributed by atoms with E-state index in [1.54, 1.807) is 63.2 Å². The third-order valence-corrected chi connectivity index (χ3v) is 4.64. The van der Waals surface area contributed by atoms with Crippen molar-refractivity contribution < 1.29 is 28.2 Å². The van der Waals surface area contributed by atoms with Gasteiger partial charge >= 0.3 is 6.09 Å². The summed E-state index contributed by atoms with van der Waals surface area (Å²) < 4.78 is 23.8. The van der Waals surface area contributed by atoms with Crippen LogP contribution < -0.4 is 21.1 Å². The van der Waals surface area contributed by atoms with Crippen molar-refractivity contribution in [3.63, 3.8) is 0 Å². The molecule has 3 aromatic rings. The zero-order valence-electron chi connectivity index (χ0n) is 20.1. The molecule has 0 fully saturated rings. The van der Waals surface area contributed by atoms with E-state index in [-0.39, 0.29) is 11.6 Å². The van der Waals surface area contributed by atoms with Crippen molar-refractivity contribution in [1.29, 1.82) is 0 Å². The molecule has 0 saturated heterocycles. The van der Waals surface area contributed by atoms with Gasteiger partial charge in [-0.05, 0) is 81.4 Å². The van der Waals surface area contributed by atoms with Gasteiger partial charge in [-0.25, -0.2) is 14.2 Å². The topological polar surface area (TPSA) is 133 Å². The van der Waals surface area contributed by atoms with Crippen molar-refractivity contribution in [2.45, 2.75) is 38.8 Å². The average molecular weight is 495 g/mol. The number of carbonyl (C=O) groups excluding carboxylic acids is 3. The Hall–Kier alpha value is -4.47. The molecule has 0 saturated carbocycles. The Labute approximate surface area is 207 Å². The van der Waals surface area contributed by atoms with Gasteiger partial charge in [0.05, 0.1) is 12.1 Å². The maximum atomic E-state index is 13.0. The summed E-state index contributed by atoms with van der Waals surface area (Å²) in [7, 11) is 0. The largest absolute Gasteiger partial charge is 0.457 e. The van der Waals surface area contributed by atoms with Crippen LogP contribution in [0.2, 0.25) is 0 Å². The van der Waals surface area contributed by atoms with Crippen LogP contribution in [0, 0.1) is 5.82 Å². The highest BCUT2D eigenvalue weighted by Gasteiger charge is 2.25. The van der Waals surface area contributed by atoms with Crippen molar-refractivity contribution in [3.8, 4) is 22.8 Å². The van der Waals surface area contributed by atoms with E-state index in [0.29, 0.717) is 17.2 Å². The second-order valence-electron chi connectivity index (χ2n) is 8.84. The van der Waals surface area contributed by atoms with E-state index in [2.05, 4.69) is 15.6 Å². The maximum absolute atomic E-state index is 13.0. The van der Waals surface area contributed by atoms with Gasteiger partial charge in [0.25, 0.3) is 0 Å². The van der Waals surface area contributed by atoms with Crippen molar-refractivity contribution in [1.82, 2.24) is 10.3 Å². The van der Waals surface area contributed by atoms with Gasteiger partial charge in [-0.3, -0.25) is 9.59 Å². The van der Waals surface area contributed by atoms with Crippen molar-refractivity contribution in [2.24, 2.45) is 5.73 Å². The summed E-state index contributed by atoms with van der Waals surface area (Å²) in [4.78, 5) is 40.6. The predicted molar refractivity (Wildman–Crippen MR) is 132 cm³/mol. The lowest BCUT2D eigenvalue weighted by Gasteiger charge is -2.22. The molecule has 3 amide bonds. The second-order valence-corrected chi connectivity index (χ2v) is 8.84. The fraction of sp³-hybridized carbons (Fsp3) is 0.231. The fourth-order valence-corrected chi connectivity index (χ4v) is 3.05. The third kappa shape index (κ3) is 8.08. The highest BCUT2D eigenvalue weighted by molar-refractivity contribution is 5.95. The first-order valence-electron chi connectivity index (χ1n) is 11.1. The average Bonchev–Trinajstić information content (AvgIpc) is 2.79. The molecule has 0 aliphatic rings. The number of carbonyl (C=O) groups is 3. The lowest BCUT2D eigenvalue weighted by Crippen LogP contribution is -2.48. The summed E-state index contributed by atoms with van der Waals surface area (Å²) in [5, 5.41) is 4.91. The van der Waals surface area contributed by atoms with Crippen molar-refractivity contribution in [3.05, 3.63) is 72.5 Å². The van der Waals surface area contributed by atoms with Crippen LogP contribution in [0.5, 0.6) is 11.5 Å². The molecule has 36 heavy (non-hydrogen) atoms. The summed E-state index contributed by atoms with van der Waals surface area (Å²) in [6.07, 6.45) is -1.25. The van der Waals surface area contributed by atoms with Gasteiger partial charge in [-0.2, -0.15) is 0 Å². The Bertz CT molecular complexity index is 1220. The first-order valence-corrected chi connectivity index (χ1v) is 11.1. The van der Waals surface area contributed by atoms with E-state index in [0.717, 1.165) is 5.56 Å². The molecule has 0 radical (unpaired) electrons. The zero-order valence-corrected chi connectivity index (χ0v) is 20.1. The van der Waals surface area contributed by atoms with Gasteiger partial charge in [0.1, 0.15) is 34.8 Å². The minimum atomic E-state index is -1.25. The number of ether oxygens (including phenoxy) is 2. The number of nitrogens with two attached hydrogens (primary N) is 1. The van der Waals surface area contributed by atoms with E-state index in [4.69, 9.17) is 15.2 Å². The number of pyridine rings is 1. The van der Waals surface area contributed by atoms with Gasteiger partial charge in [0.2, 0.25) is 11.8 Å². The molecule has 0 aliphatic carbocycles. The monoisotopic (exact) mass is 494 g/mol. The number of nitrogens with zero attached hydrogens (tertiary/aromatic N) is 1. The number of halogens is 1. The molecule has 1 aromatic heterocycles. The van der Waals surface area contributed by atoms with Crippen LogP contribution in [-0.2, 0) is 14.3 Å². The minimum absolute atomic E-state index is 0.254. The Morgan fingerprint density at radius 3 is 2.17 bits per heavy atom. The molecular weight excluding hydrogens is 467 g/mol. The van der Waals surface area contributed by atoms with E-state index in [9.17, 15) is 18.8 Å². The number of aromatic nitrogens is 1. The molecule has 4 N–H and O–H groups in total. The smallest absolute Gasteiger partial charge is 0.408 e. The van der Waals surface area contributed by atoms with E-state index in [1.165, 1.54) is 24.3 Å². The van der Waals surface area contributed by atoms with Crippen LogP contribution in [0.4, 0.5) is 15.0 Å². The van der Waals surface area contributed by atoms with Gasteiger partial charge in [0, 0.05) is 5.56 Å².